The molecule has 0 fully saturated rings. The van der Waals surface area contributed by atoms with Crippen LogP contribution in [0.25, 0.3) is 0 Å². The number of nitrogens with one attached hydrogen (secondary N) is 1. The molecule has 1 N–H and O–H groups in total. The minimum absolute atomic E-state index is 0.331. The van der Waals surface area contributed by atoms with Gasteiger partial charge < -0.3 is 10.1 Å². The fraction of sp³-hybridized carbons (Fsp3) is 0.647. The second-order valence-corrected chi connectivity index (χ2v) is 5.38. The maximum Gasteiger partial charge on any atom is 0.123 e. The quantitative estimate of drug-likeness (QED) is 0.652. The summed E-state index contributed by atoms with van der Waals surface area (Å²) in [6, 6.07) is 9.14. The fourth-order valence-electron chi connectivity index (χ4n) is 2.50. The number of para-hydroxylation sites is 1. The number of unbranched alkanes of at least 4 members (excludes halogenated alkanes) is 3. The van der Waals surface area contributed by atoms with Crippen molar-refractivity contribution in [1.82, 2.24) is 5.32 Å². The fourth-order valence-corrected chi connectivity index (χ4v) is 2.50. The van der Waals surface area contributed by atoms with Gasteiger partial charge in [0.2, 0.25) is 0 Å². The normalized spacial score (nSPS) is 14.1. The van der Waals surface area contributed by atoms with Gasteiger partial charge in [-0.05, 0) is 26.3 Å². The zero-order valence-electron chi connectivity index (χ0n) is 12.9. The van der Waals surface area contributed by atoms with Crippen molar-refractivity contribution in [3.63, 3.8) is 0 Å². The summed E-state index contributed by atoms with van der Waals surface area (Å²) in [4.78, 5) is 0. The van der Waals surface area contributed by atoms with Crippen LogP contribution < -0.4 is 10.1 Å². The zero-order chi connectivity index (χ0) is 14.1. The number of ether oxygens (including phenoxy) is 1. The Morgan fingerprint density at radius 3 is 2.53 bits per heavy atom. The van der Waals surface area contributed by atoms with Gasteiger partial charge in [-0.1, -0.05) is 50.8 Å². The largest absolute Gasteiger partial charge is 0.496 e. The van der Waals surface area contributed by atoms with Gasteiger partial charge in [-0.25, -0.2) is 0 Å². The van der Waals surface area contributed by atoms with Crippen molar-refractivity contribution in [2.75, 3.05) is 7.11 Å². The highest BCUT2D eigenvalue weighted by molar-refractivity contribution is 5.35. The Labute approximate surface area is 118 Å². The molecule has 2 unspecified atom stereocenters. The molecule has 0 aromatic heterocycles. The molecule has 0 saturated carbocycles. The Hall–Kier alpha value is -1.02. The van der Waals surface area contributed by atoms with Crippen LogP contribution in [-0.2, 0) is 0 Å². The lowest BCUT2D eigenvalue weighted by Gasteiger charge is -2.22. The van der Waals surface area contributed by atoms with E-state index in [1.54, 1.807) is 7.11 Å². The van der Waals surface area contributed by atoms with E-state index in [0.717, 1.165) is 5.75 Å². The number of methoxy groups -OCH3 is 1. The summed E-state index contributed by atoms with van der Waals surface area (Å²) in [6.45, 7) is 6.74. The van der Waals surface area contributed by atoms with Crippen LogP contribution in [0.1, 0.15) is 64.5 Å². The Morgan fingerprint density at radius 1 is 1.11 bits per heavy atom. The van der Waals surface area contributed by atoms with Crippen LogP contribution in [-0.4, -0.2) is 13.2 Å². The van der Waals surface area contributed by atoms with Gasteiger partial charge in [0.1, 0.15) is 5.75 Å². The van der Waals surface area contributed by atoms with Crippen LogP contribution in [0, 0.1) is 0 Å². The van der Waals surface area contributed by atoms with Gasteiger partial charge in [0.05, 0.1) is 7.11 Å². The minimum atomic E-state index is 0.331. The molecule has 1 aromatic carbocycles. The molecule has 0 amide bonds. The van der Waals surface area contributed by atoms with Gasteiger partial charge in [0, 0.05) is 17.6 Å². The van der Waals surface area contributed by atoms with Crippen LogP contribution in [0.2, 0.25) is 0 Å². The molecule has 108 valence electrons. The zero-order valence-corrected chi connectivity index (χ0v) is 12.9. The lowest BCUT2D eigenvalue weighted by atomic mass is 10.0. The second kappa shape index (κ2) is 8.98. The summed E-state index contributed by atoms with van der Waals surface area (Å²) < 4.78 is 5.42. The Balaban J connectivity index is 2.42. The van der Waals surface area contributed by atoms with Crippen LogP contribution in [0.15, 0.2) is 24.3 Å². The van der Waals surface area contributed by atoms with E-state index in [4.69, 9.17) is 4.74 Å². The molecule has 1 rings (SSSR count). The molecule has 0 aliphatic rings. The van der Waals surface area contributed by atoms with Crippen LogP contribution in [0.5, 0.6) is 5.75 Å². The summed E-state index contributed by atoms with van der Waals surface area (Å²) >= 11 is 0. The first kappa shape index (κ1) is 16.0. The smallest absolute Gasteiger partial charge is 0.123 e. The van der Waals surface area contributed by atoms with E-state index in [0.29, 0.717) is 12.1 Å². The molecular weight excluding hydrogens is 234 g/mol. The van der Waals surface area contributed by atoms with Crippen molar-refractivity contribution in [2.24, 2.45) is 0 Å². The number of hydrogen-bond donors (Lipinski definition) is 1. The monoisotopic (exact) mass is 263 g/mol. The number of hydrogen-bond acceptors (Lipinski definition) is 2. The van der Waals surface area contributed by atoms with Crippen molar-refractivity contribution in [2.45, 2.75) is 65.0 Å². The molecule has 2 atom stereocenters. The van der Waals surface area contributed by atoms with Gasteiger partial charge in [-0.2, -0.15) is 0 Å². The molecule has 0 aliphatic heterocycles. The predicted octanol–water partition coefficient (Wildman–Crippen LogP) is 4.70. The SMILES string of the molecule is CCCCCCC(C)NC(C)c1ccccc1OC. The standard InChI is InChI=1S/C17H29NO/c1-5-6-7-8-11-14(2)18-15(3)16-12-9-10-13-17(16)19-4/h9-10,12-15,18H,5-8,11H2,1-4H3. The topological polar surface area (TPSA) is 21.3 Å². The molecule has 0 aliphatic carbocycles. The Bertz CT molecular complexity index is 351. The molecule has 2 heteroatoms. The van der Waals surface area contributed by atoms with Crippen LogP contribution in [0.4, 0.5) is 0 Å². The Kier molecular flexibility index (Phi) is 7.57. The first-order valence-corrected chi connectivity index (χ1v) is 7.58. The van der Waals surface area contributed by atoms with Gasteiger partial charge >= 0.3 is 0 Å². The van der Waals surface area contributed by atoms with E-state index < -0.39 is 0 Å². The molecule has 0 saturated heterocycles. The summed E-state index contributed by atoms with van der Waals surface area (Å²) in [7, 11) is 1.74. The highest BCUT2D eigenvalue weighted by atomic mass is 16.5. The lowest BCUT2D eigenvalue weighted by molar-refractivity contribution is 0.390. The molecule has 1 aromatic rings. The first-order chi connectivity index (χ1) is 9.19. The first-order valence-electron chi connectivity index (χ1n) is 7.58. The third-order valence-corrected chi connectivity index (χ3v) is 3.63. The molecule has 0 radical (unpaired) electrons. The van der Waals surface area contributed by atoms with Crippen LogP contribution >= 0.6 is 0 Å². The van der Waals surface area contributed by atoms with E-state index in [2.05, 4.69) is 38.2 Å². The van der Waals surface area contributed by atoms with Crippen molar-refractivity contribution in [3.8, 4) is 5.75 Å². The third kappa shape index (κ3) is 5.65. The van der Waals surface area contributed by atoms with Gasteiger partial charge in [-0.15, -0.1) is 0 Å². The van der Waals surface area contributed by atoms with Crippen molar-refractivity contribution in [1.29, 1.82) is 0 Å². The van der Waals surface area contributed by atoms with Crippen molar-refractivity contribution >= 4 is 0 Å². The average Bonchev–Trinajstić information content (AvgIpc) is 2.43. The maximum atomic E-state index is 5.42. The van der Waals surface area contributed by atoms with Gasteiger partial charge in [0.25, 0.3) is 0 Å². The van der Waals surface area contributed by atoms with Crippen molar-refractivity contribution < 1.29 is 4.74 Å². The third-order valence-electron chi connectivity index (χ3n) is 3.63. The number of benzene rings is 1. The average molecular weight is 263 g/mol. The maximum absolute atomic E-state index is 5.42. The van der Waals surface area contributed by atoms with Crippen molar-refractivity contribution in [3.05, 3.63) is 29.8 Å². The summed E-state index contributed by atoms with van der Waals surface area (Å²) in [5.41, 5.74) is 1.24. The predicted molar refractivity (Wildman–Crippen MR) is 82.8 cm³/mol. The minimum Gasteiger partial charge on any atom is -0.496 e. The summed E-state index contributed by atoms with van der Waals surface area (Å²) in [6.07, 6.45) is 6.58. The van der Waals surface area contributed by atoms with E-state index in [-0.39, 0.29) is 0 Å². The highest BCUT2D eigenvalue weighted by Crippen LogP contribution is 2.25. The molecule has 19 heavy (non-hydrogen) atoms. The van der Waals surface area contributed by atoms with E-state index in [9.17, 15) is 0 Å². The second-order valence-electron chi connectivity index (χ2n) is 5.38. The highest BCUT2D eigenvalue weighted by Gasteiger charge is 2.12. The van der Waals surface area contributed by atoms with Gasteiger partial charge in [-0.3, -0.25) is 0 Å². The molecule has 0 bridgehead atoms. The molecule has 2 nitrogen and oxygen atoms in total. The summed E-state index contributed by atoms with van der Waals surface area (Å²) in [5.74, 6) is 0.973. The Morgan fingerprint density at radius 2 is 1.84 bits per heavy atom. The number of rotatable bonds is 9. The lowest BCUT2D eigenvalue weighted by Crippen LogP contribution is -2.29. The van der Waals surface area contributed by atoms with Gasteiger partial charge in [0.15, 0.2) is 0 Å². The van der Waals surface area contributed by atoms with E-state index >= 15 is 0 Å². The van der Waals surface area contributed by atoms with Crippen LogP contribution in [0.3, 0.4) is 0 Å². The van der Waals surface area contributed by atoms with E-state index in [1.807, 2.05) is 12.1 Å². The molecular formula is C17H29NO. The summed E-state index contributed by atoms with van der Waals surface area (Å²) in [5, 5.41) is 3.67. The van der Waals surface area contributed by atoms with E-state index in [1.165, 1.54) is 37.7 Å². The molecule has 0 heterocycles. The molecule has 0 spiro atoms.